The average molecular weight is 521 g/mol. The zero-order valence-corrected chi connectivity index (χ0v) is 22.0. The molecule has 1 fully saturated rings. The van der Waals surface area contributed by atoms with Crippen molar-refractivity contribution in [2.24, 2.45) is 0 Å². The molecule has 0 heterocycles. The van der Waals surface area contributed by atoms with Crippen LogP contribution in [0.25, 0.3) is 0 Å². The fourth-order valence-corrected chi connectivity index (χ4v) is 5.61. The van der Waals surface area contributed by atoms with Gasteiger partial charge in [-0.05, 0) is 48.2 Å². The van der Waals surface area contributed by atoms with Crippen molar-refractivity contribution in [2.45, 2.75) is 62.0 Å². The smallest absolute Gasteiger partial charge is 0.243 e. The molecule has 1 aliphatic carbocycles. The van der Waals surface area contributed by atoms with Crippen molar-refractivity contribution in [3.63, 3.8) is 0 Å². The maximum Gasteiger partial charge on any atom is 0.243 e. The fraction of sp³-hybridized carbons (Fsp3) is 0.333. The SMILES string of the molecule is O=C(NC1CCCC1)C(Cc1ccccc1)N(Cc1ccc(Cl)cc1)C(=O)CCSc1ccccc1. The Hall–Kier alpha value is -2.76. The predicted molar refractivity (Wildman–Crippen MR) is 148 cm³/mol. The minimum absolute atomic E-state index is 0.0177. The number of nitrogens with zero attached hydrogens (tertiary/aromatic N) is 1. The predicted octanol–water partition coefficient (Wildman–Crippen LogP) is 6.52. The Bertz CT molecular complexity index is 1100. The molecule has 1 saturated carbocycles. The fourth-order valence-electron chi connectivity index (χ4n) is 4.62. The Balaban J connectivity index is 1.56. The number of thioether (sulfide) groups is 1. The summed E-state index contributed by atoms with van der Waals surface area (Å²) in [4.78, 5) is 30.2. The molecule has 188 valence electrons. The highest BCUT2D eigenvalue weighted by molar-refractivity contribution is 7.99. The Morgan fingerprint density at radius 3 is 2.19 bits per heavy atom. The molecule has 4 nitrogen and oxygen atoms in total. The van der Waals surface area contributed by atoms with E-state index in [0.29, 0.717) is 30.2 Å². The van der Waals surface area contributed by atoms with Gasteiger partial charge < -0.3 is 10.2 Å². The molecule has 0 spiro atoms. The first kappa shape index (κ1) is 26.3. The van der Waals surface area contributed by atoms with Crippen LogP contribution in [0.4, 0.5) is 0 Å². The van der Waals surface area contributed by atoms with E-state index in [1.54, 1.807) is 16.7 Å². The van der Waals surface area contributed by atoms with Crippen LogP contribution in [0, 0.1) is 0 Å². The van der Waals surface area contributed by atoms with Crippen LogP contribution in [0.5, 0.6) is 0 Å². The van der Waals surface area contributed by atoms with Crippen LogP contribution < -0.4 is 5.32 Å². The van der Waals surface area contributed by atoms with E-state index in [-0.39, 0.29) is 17.9 Å². The van der Waals surface area contributed by atoms with Crippen LogP contribution in [0.1, 0.15) is 43.2 Å². The number of nitrogens with one attached hydrogen (secondary N) is 1. The molecule has 1 atom stereocenters. The quantitative estimate of drug-likeness (QED) is 0.293. The van der Waals surface area contributed by atoms with Crippen molar-refractivity contribution in [3.05, 3.63) is 101 Å². The zero-order chi connectivity index (χ0) is 25.2. The van der Waals surface area contributed by atoms with Crippen molar-refractivity contribution < 1.29 is 9.59 Å². The van der Waals surface area contributed by atoms with Crippen LogP contribution >= 0.6 is 23.4 Å². The second kappa shape index (κ2) is 13.5. The Labute approximate surface area is 223 Å². The van der Waals surface area contributed by atoms with E-state index in [2.05, 4.69) is 5.32 Å². The molecule has 6 heteroatoms. The van der Waals surface area contributed by atoms with Crippen LogP contribution in [0.3, 0.4) is 0 Å². The van der Waals surface area contributed by atoms with Gasteiger partial charge in [-0.3, -0.25) is 9.59 Å². The van der Waals surface area contributed by atoms with Crippen LogP contribution in [0.2, 0.25) is 5.02 Å². The second-order valence-corrected chi connectivity index (χ2v) is 10.9. The first-order valence-electron chi connectivity index (χ1n) is 12.6. The van der Waals surface area contributed by atoms with E-state index in [9.17, 15) is 9.59 Å². The molecule has 2 amide bonds. The Morgan fingerprint density at radius 1 is 0.889 bits per heavy atom. The lowest BCUT2D eigenvalue weighted by Gasteiger charge is -2.32. The summed E-state index contributed by atoms with van der Waals surface area (Å²) in [6.07, 6.45) is 5.11. The lowest BCUT2D eigenvalue weighted by atomic mass is 10.0. The van der Waals surface area contributed by atoms with Gasteiger partial charge in [0.05, 0.1) is 0 Å². The molecule has 1 aliphatic rings. The molecule has 36 heavy (non-hydrogen) atoms. The number of rotatable bonds is 11. The van der Waals surface area contributed by atoms with E-state index >= 15 is 0 Å². The number of benzene rings is 3. The van der Waals surface area contributed by atoms with Crippen LogP contribution in [0.15, 0.2) is 89.8 Å². The number of carbonyl (C=O) groups excluding carboxylic acids is 2. The minimum Gasteiger partial charge on any atom is -0.352 e. The van der Waals surface area contributed by atoms with E-state index in [1.165, 1.54) is 0 Å². The summed E-state index contributed by atoms with van der Waals surface area (Å²) in [6, 6.07) is 27.2. The van der Waals surface area contributed by atoms with Gasteiger partial charge >= 0.3 is 0 Å². The third kappa shape index (κ3) is 7.87. The normalized spacial score (nSPS) is 14.4. The summed E-state index contributed by atoms with van der Waals surface area (Å²) in [7, 11) is 0. The largest absolute Gasteiger partial charge is 0.352 e. The molecule has 3 aromatic rings. The summed E-state index contributed by atoms with van der Waals surface area (Å²) >= 11 is 7.76. The maximum atomic E-state index is 13.7. The molecule has 4 rings (SSSR count). The van der Waals surface area contributed by atoms with Gasteiger partial charge in [0.25, 0.3) is 0 Å². The number of carbonyl (C=O) groups is 2. The van der Waals surface area contributed by atoms with Gasteiger partial charge in [0.15, 0.2) is 0 Å². The zero-order valence-electron chi connectivity index (χ0n) is 20.4. The molecular formula is C30H33ClN2O2S. The van der Waals surface area contributed by atoms with Crippen LogP contribution in [-0.4, -0.2) is 34.6 Å². The Morgan fingerprint density at radius 2 is 1.53 bits per heavy atom. The first-order valence-corrected chi connectivity index (χ1v) is 14.0. The lowest BCUT2D eigenvalue weighted by Crippen LogP contribution is -2.52. The second-order valence-electron chi connectivity index (χ2n) is 9.26. The van der Waals surface area contributed by atoms with Gasteiger partial charge in [-0.25, -0.2) is 0 Å². The highest BCUT2D eigenvalue weighted by Crippen LogP contribution is 2.23. The molecule has 0 aromatic heterocycles. The van der Waals surface area contributed by atoms with Crippen molar-refractivity contribution in [1.82, 2.24) is 10.2 Å². The maximum absolute atomic E-state index is 13.7. The summed E-state index contributed by atoms with van der Waals surface area (Å²) in [5.41, 5.74) is 1.99. The molecule has 0 radical (unpaired) electrons. The van der Waals surface area contributed by atoms with Crippen molar-refractivity contribution in [1.29, 1.82) is 0 Å². The van der Waals surface area contributed by atoms with Crippen molar-refractivity contribution in [2.75, 3.05) is 5.75 Å². The third-order valence-electron chi connectivity index (χ3n) is 6.57. The average Bonchev–Trinajstić information content (AvgIpc) is 3.41. The van der Waals surface area contributed by atoms with E-state index < -0.39 is 6.04 Å². The molecule has 3 aromatic carbocycles. The monoisotopic (exact) mass is 520 g/mol. The summed E-state index contributed by atoms with van der Waals surface area (Å²) < 4.78 is 0. The summed E-state index contributed by atoms with van der Waals surface area (Å²) in [5, 5.41) is 3.90. The molecule has 1 N–H and O–H groups in total. The van der Waals surface area contributed by atoms with Crippen LogP contribution in [-0.2, 0) is 22.6 Å². The number of amides is 2. The van der Waals surface area contributed by atoms with Gasteiger partial charge in [0.1, 0.15) is 6.04 Å². The lowest BCUT2D eigenvalue weighted by molar-refractivity contribution is -0.141. The highest BCUT2D eigenvalue weighted by Gasteiger charge is 2.32. The standard InChI is InChI=1S/C30H33ClN2O2S/c31-25-17-15-24(16-18-25)22-33(29(34)19-20-36-27-13-5-2-6-14-27)28(21-23-9-3-1-4-10-23)30(35)32-26-11-7-8-12-26/h1-6,9-10,13-18,26,28H,7-8,11-12,19-22H2,(H,32,35). The molecule has 1 unspecified atom stereocenters. The number of halogens is 1. The summed E-state index contributed by atoms with van der Waals surface area (Å²) in [6.45, 7) is 0.363. The van der Waals surface area contributed by atoms with Crippen molar-refractivity contribution in [3.8, 4) is 0 Å². The summed E-state index contributed by atoms with van der Waals surface area (Å²) in [5.74, 6) is 0.571. The minimum atomic E-state index is -0.585. The first-order chi connectivity index (χ1) is 17.6. The van der Waals surface area contributed by atoms with E-state index in [4.69, 9.17) is 11.6 Å². The van der Waals surface area contributed by atoms with Crippen molar-refractivity contribution >= 4 is 35.2 Å². The molecular weight excluding hydrogens is 488 g/mol. The highest BCUT2D eigenvalue weighted by atomic mass is 35.5. The molecule has 0 aliphatic heterocycles. The van der Waals surface area contributed by atoms with E-state index in [1.807, 2.05) is 84.9 Å². The van der Waals surface area contributed by atoms with Gasteiger partial charge in [-0.1, -0.05) is 85.1 Å². The molecule has 0 bridgehead atoms. The number of hydrogen-bond acceptors (Lipinski definition) is 3. The van der Waals surface area contributed by atoms with Gasteiger partial charge in [0.2, 0.25) is 11.8 Å². The third-order valence-corrected chi connectivity index (χ3v) is 7.83. The molecule has 0 saturated heterocycles. The Kier molecular flexibility index (Phi) is 9.88. The van der Waals surface area contributed by atoms with Gasteiger partial charge in [-0.15, -0.1) is 11.8 Å². The van der Waals surface area contributed by atoms with Gasteiger partial charge in [0, 0.05) is 41.1 Å². The number of hydrogen-bond donors (Lipinski definition) is 1. The van der Waals surface area contributed by atoms with Gasteiger partial charge in [-0.2, -0.15) is 0 Å². The van der Waals surface area contributed by atoms with E-state index in [0.717, 1.165) is 41.7 Å². The topological polar surface area (TPSA) is 49.4 Å².